The van der Waals surface area contributed by atoms with E-state index in [9.17, 15) is 0 Å². The molecule has 2 aromatic rings. The summed E-state index contributed by atoms with van der Waals surface area (Å²) in [5, 5.41) is 3.11. The van der Waals surface area contributed by atoms with E-state index in [1.165, 1.54) is 0 Å². The van der Waals surface area contributed by atoms with Crippen LogP contribution in [0.1, 0.15) is 12.7 Å². The zero-order valence-corrected chi connectivity index (χ0v) is 8.49. The molecule has 0 amide bonds. The highest BCUT2D eigenvalue weighted by Crippen LogP contribution is 2.13. The normalized spacial score (nSPS) is 11.0. The van der Waals surface area contributed by atoms with Crippen LogP contribution in [0.25, 0.3) is 11.2 Å². The smallest absolute Gasteiger partial charge is 0.177 e. The minimum absolute atomic E-state index is 0.782. The van der Waals surface area contributed by atoms with Crippen LogP contribution in [-0.4, -0.2) is 21.6 Å². The van der Waals surface area contributed by atoms with Crippen LogP contribution in [0.4, 0.5) is 0 Å². The molecule has 4 heteroatoms. The monoisotopic (exact) mass is 190 g/mol. The SMILES string of the molecule is CCn1c(CNC)nc2ncccc21. The average molecular weight is 190 g/mol. The van der Waals surface area contributed by atoms with Gasteiger partial charge < -0.3 is 9.88 Å². The van der Waals surface area contributed by atoms with Gasteiger partial charge in [0.2, 0.25) is 0 Å². The number of pyridine rings is 1. The Morgan fingerprint density at radius 3 is 3.07 bits per heavy atom. The van der Waals surface area contributed by atoms with Gasteiger partial charge in [-0.15, -0.1) is 0 Å². The number of hydrogen-bond donors (Lipinski definition) is 1. The van der Waals surface area contributed by atoms with Crippen LogP contribution < -0.4 is 5.32 Å². The molecule has 0 saturated carbocycles. The van der Waals surface area contributed by atoms with Gasteiger partial charge in [-0.3, -0.25) is 0 Å². The van der Waals surface area contributed by atoms with Crippen molar-refractivity contribution in [1.82, 2.24) is 19.9 Å². The molecule has 0 saturated heterocycles. The second-order valence-electron chi connectivity index (χ2n) is 3.15. The first-order valence-electron chi connectivity index (χ1n) is 4.81. The minimum Gasteiger partial charge on any atom is -0.326 e. The topological polar surface area (TPSA) is 42.7 Å². The second-order valence-corrected chi connectivity index (χ2v) is 3.15. The van der Waals surface area contributed by atoms with E-state index >= 15 is 0 Å². The minimum atomic E-state index is 0.782. The number of imidazole rings is 1. The first kappa shape index (κ1) is 9.15. The van der Waals surface area contributed by atoms with Crippen molar-refractivity contribution in [3.63, 3.8) is 0 Å². The molecule has 0 aliphatic rings. The molecule has 4 nitrogen and oxygen atoms in total. The largest absolute Gasteiger partial charge is 0.326 e. The van der Waals surface area contributed by atoms with Crippen molar-refractivity contribution in [2.45, 2.75) is 20.0 Å². The maximum Gasteiger partial charge on any atom is 0.177 e. The molecule has 0 atom stereocenters. The Morgan fingerprint density at radius 2 is 2.36 bits per heavy atom. The molecule has 0 spiro atoms. The first-order valence-corrected chi connectivity index (χ1v) is 4.81. The lowest BCUT2D eigenvalue weighted by molar-refractivity contribution is 0.670. The summed E-state index contributed by atoms with van der Waals surface area (Å²) in [6, 6.07) is 4.00. The summed E-state index contributed by atoms with van der Waals surface area (Å²) in [5.41, 5.74) is 1.94. The molecule has 2 aromatic heterocycles. The van der Waals surface area contributed by atoms with Crippen LogP contribution >= 0.6 is 0 Å². The Hall–Kier alpha value is -1.42. The molecular weight excluding hydrogens is 176 g/mol. The summed E-state index contributed by atoms with van der Waals surface area (Å²) in [7, 11) is 1.92. The molecule has 74 valence electrons. The number of hydrogen-bond acceptors (Lipinski definition) is 3. The van der Waals surface area contributed by atoms with Crippen molar-refractivity contribution < 1.29 is 0 Å². The predicted octanol–water partition coefficient (Wildman–Crippen LogP) is 1.17. The number of aryl methyl sites for hydroxylation is 1. The molecule has 2 heterocycles. The Labute approximate surface area is 83.0 Å². The highest BCUT2D eigenvalue weighted by Gasteiger charge is 2.07. The van der Waals surface area contributed by atoms with Crippen molar-refractivity contribution in [1.29, 1.82) is 0 Å². The molecule has 1 N–H and O–H groups in total. The molecule has 0 aliphatic heterocycles. The number of fused-ring (bicyclic) bond motifs is 1. The van der Waals surface area contributed by atoms with Crippen molar-refractivity contribution in [3.8, 4) is 0 Å². The maximum absolute atomic E-state index is 4.46. The summed E-state index contributed by atoms with van der Waals surface area (Å²) >= 11 is 0. The summed E-state index contributed by atoms with van der Waals surface area (Å²) in [5.74, 6) is 1.05. The van der Waals surface area contributed by atoms with Crippen molar-refractivity contribution in [3.05, 3.63) is 24.2 Å². The van der Waals surface area contributed by atoms with Gasteiger partial charge in [-0.1, -0.05) is 0 Å². The molecule has 0 radical (unpaired) electrons. The van der Waals surface area contributed by atoms with Gasteiger partial charge in [0.1, 0.15) is 5.82 Å². The molecule has 0 aliphatic carbocycles. The van der Waals surface area contributed by atoms with E-state index in [1.807, 2.05) is 13.1 Å². The van der Waals surface area contributed by atoms with Gasteiger partial charge in [-0.05, 0) is 26.1 Å². The zero-order valence-electron chi connectivity index (χ0n) is 8.49. The quantitative estimate of drug-likeness (QED) is 0.790. The number of nitrogens with zero attached hydrogens (tertiary/aromatic N) is 3. The van der Waals surface area contributed by atoms with Gasteiger partial charge in [-0.25, -0.2) is 9.97 Å². The van der Waals surface area contributed by atoms with E-state index < -0.39 is 0 Å². The van der Waals surface area contributed by atoms with Gasteiger partial charge in [0.25, 0.3) is 0 Å². The molecular formula is C10H14N4. The van der Waals surface area contributed by atoms with Gasteiger partial charge >= 0.3 is 0 Å². The van der Waals surface area contributed by atoms with Crippen LogP contribution in [-0.2, 0) is 13.1 Å². The lowest BCUT2D eigenvalue weighted by Crippen LogP contribution is -2.11. The van der Waals surface area contributed by atoms with Gasteiger partial charge in [0.15, 0.2) is 5.65 Å². The first-order chi connectivity index (χ1) is 6.86. The molecule has 0 fully saturated rings. The van der Waals surface area contributed by atoms with E-state index in [-0.39, 0.29) is 0 Å². The van der Waals surface area contributed by atoms with Gasteiger partial charge in [0.05, 0.1) is 12.1 Å². The maximum atomic E-state index is 4.46. The third-order valence-electron chi connectivity index (χ3n) is 2.25. The molecule has 0 aromatic carbocycles. The van der Waals surface area contributed by atoms with Crippen LogP contribution in [0.5, 0.6) is 0 Å². The molecule has 2 rings (SSSR count). The van der Waals surface area contributed by atoms with Crippen LogP contribution in [0, 0.1) is 0 Å². The van der Waals surface area contributed by atoms with E-state index in [1.54, 1.807) is 6.20 Å². The second kappa shape index (κ2) is 3.75. The van der Waals surface area contributed by atoms with E-state index in [0.717, 1.165) is 30.1 Å². The Morgan fingerprint density at radius 1 is 1.50 bits per heavy atom. The lowest BCUT2D eigenvalue weighted by atomic mass is 10.4. The third-order valence-corrected chi connectivity index (χ3v) is 2.25. The lowest BCUT2D eigenvalue weighted by Gasteiger charge is -2.04. The summed E-state index contributed by atoms with van der Waals surface area (Å²) in [4.78, 5) is 8.70. The number of aromatic nitrogens is 3. The highest BCUT2D eigenvalue weighted by molar-refractivity contribution is 5.71. The van der Waals surface area contributed by atoms with E-state index in [4.69, 9.17) is 0 Å². The zero-order chi connectivity index (χ0) is 9.97. The fraction of sp³-hybridized carbons (Fsp3) is 0.400. The van der Waals surface area contributed by atoms with Crippen LogP contribution in [0.15, 0.2) is 18.3 Å². The Bertz CT molecular complexity index is 433. The van der Waals surface area contributed by atoms with Crippen molar-refractivity contribution in [2.24, 2.45) is 0 Å². The fourth-order valence-corrected chi connectivity index (χ4v) is 1.65. The van der Waals surface area contributed by atoms with E-state index in [0.29, 0.717) is 0 Å². The average Bonchev–Trinajstić information content (AvgIpc) is 2.55. The number of nitrogens with one attached hydrogen (secondary N) is 1. The van der Waals surface area contributed by atoms with Crippen LogP contribution in [0.2, 0.25) is 0 Å². The van der Waals surface area contributed by atoms with Gasteiger partial charge in [-0.2, -0.15) is 0 Å². The van der Waals surface area contributed by atoms with Crippen molar-refractivity contribution in [2.75, 3.05) is 7.05 Å². The summed E-state index contributed by atoms with van der Waals surface area (Å²) < 4.78 is 2.18. The molecule has 14 heavy (non-hydrogen) atoms. The number of rotatable bonds is 3. The predicted molar refractivity (Wildman–Crippen MR) is 56.0 cm³/mol. The fourth-order valence-electron chi connectivity index (χ4n) is 1.65. The summed E-state index contributed by atoms with van der Waals surface area (Å²) in [6.07, 6.45) is 1.78. The van der Waals surface area contributed by atoms with Crippen molar-refractivity contribution >= 4 is 11.2 Å². The standard InChI is InChI=1S/C10H14N4/c1-3-14-8-5-4-6-12-10(8)13-9(14)7-11-2/h4-6,11H,3,7H2,1-2H3. The van der Waals surface area contributed by atoms with Crippen LogP contribution in [0.3, 0.4) is 0 Å². The Kier molecular flexibility index (Phi) is 2.45. The summed E-state index contributed by atoms with van der Waals surface area (Å²) in [6.45, 7) is 3.83. The highest BCUT2D eigenvalue weighted by atomic mass is 15.1. The van der Waals surface area contributed by atoms with E-state index in [2.05, 4.69) is 32.8 Å². The molecule has 0 bridgehead atoms. The third kappa shape index (κ3) is 1.37. The van der Waals surface area contributed by atoms with Gasteiger partial charge in [0, 0.05) is 12.7 Å². The Balaban J connectivity index is 2.60. The molecule has 0 unspecified atom stereocenters.